The average Bonchev–Trinajstić information content (AvgIpc) is 3.12. The van der Waals surface area contributed by atoms with Gasteiger partial charge in [0.05, 0.1) is 11.3 Å². The van der Waals surface area contributed by atoms with Gasteiger partial charge in [-0.05, 0) is 30.3 Å². The SMILES string of the molecule is O=C(CSc1nc(-c2cccc(Cl)c2)nc2cc(=O)[nH]n12)Nc1cccc(C(F)(F)F)c1. The summed E-state index contributed by atoms with van der Waals surface area (Å²) in [7, 11) is 0. The van der Waals surface area contributed by atoms with Gasteiger partial charge in [-0.2, -0.15) is 13.2 Å². The fraction of sp³-hybridized carbons (Fsp3) is 0.100. The van der Waals surface area contributed by atoms with Crippen molar-refractivity contribution in [3.05, 3.63) is 75.5 Å². The molecule has 0 unspecified atom stereocenters. The second-order valence-corrected chi connectivity index (χ2v) is 7.95. The Balaban J connectivity index is 1.56. The Morgan fingerprint density at radius 2 is 1.91 bits per heavy atom. The van der Waals surface area contributed by atoms with E-state index in [-0.39, 0.29) is 16.6 Å². The normalized spacial score (nSPS) is 11.6. The lowest BCUT2D eigenvalue weighted by Gasteiger charge is -2.10. The summed E-state index contributed by atoms with van der Waals surface area (Å²) in [5.41, 5.74) is -0.341. The van der Waals surface area contributed by atoms with E-state index in [4.69, 9.17) is 11.6 Å². The Hall–Kier alpha value is -3.31. The predicted molar refractivity (Wildman–Crippen MR) is 115 cm³/mol. The first-order valence-electron chi connectivity index (χ1n) is 9.05. The van der Waals surface area contributed by atoms with E-state index in [1.54, 1.807) is 24.3 Å². The summed E-state index contributed by atoms with van der Waals surface area (Å²) in [6.45, 7) is 0. The second-order valence-electron chi connectivity index (χ2n) is 6.57. The molecule has 2 heterocycles. The molecule has 12 heteroatoms. The number of alkyl halides is 3. The van der Waals surface area contributed by atoms with Gasteiger partial charge in [-0.1, -0.05) is 41.6 Å². The van der Waals surface area contributed by atoms with Crippen LogP contribution in [0.2, 0.25) is 5.02 Å². The third kappa shape index (κ3) is 4.94. The van der Waals surface area contributed by atoms with E-state index < -0.39 is 23.2 Å². The quantitative estimate of drug-likeness (QED) is 0.411. The van der Waals surface area contributed by atoms with Crippen LogP contribution in [0.5, 0.6) is 0 Å². The maximum Gasteiger partial charge on any atom is 0.416 e. The predicted octanol–water partition coefficient (Wildman–Crippen LogP) is 4.49. The lowest BCUT2D eigenvalue weighted by molar-refractivity contribution is -0.137. The molecular formula is C20H13ClF3N5O2S. The molecule has 0 aliphatic heterocycles. The summed E-state index contributed by atoms with van der Waals surface area (Å²) in [5, 5.41) is 5.73. The van der Waals surface area contributed by atoms with Gasteiger partial charge in [0, 0.05) is 22.3 Å². The number of hydrogen-bond acceptors (Lipinski definition) is 5. The van der Waals surface area contributed by atoms with Gasteiger partial charge in [0.2, 0.25) is 5.91 Å². The van der Waals surface area contributed by atoms with Gasteiger partial charge < -0.3 is 5.32 Å². The van der Waals surface area contributed by atoms with Crippen LogP contribution in [0.15, 0.2) is 64.5 Å². The van der Waals surface area contributed by atoms with E-state index >= 15 is 0 Å². The number of anilines is 1. The maximum absolute atomic E-state index is 12.9. The van der Waals surface area contributed by atoms with Crippen molar-refractivity contribution < 1.29 is 18.0 Å². The number of hydrogen-bond donors (Lipinski definition) is 2. The molecular weight excluding hydrogens is 467 g/mol. The summed E-state index contributed by atoms with van der Waals surface area (Å²) >= 11 is 7.02. The van der Waals surface area contributed by atoms with Gasteiger partial charge >= 0.3 is 6.18 Å². The number of nitrogens with zero attached hydrogens (tertiary/aromatic N) is 3. The fourth-order valence-electron chi connectivity index (χ4n) is 2.84. The Morgan fingerprint density at radius 3 is 2.66 bits per heavy atom. The van der Waals surface area contributed by atoms with Crippen LogP contribution in [0.3, 0.4) is 0 Å². The van der Waals surface area contributed by atoms with E-state index in [1.807, 2.05) is 0 Å². The minimum absolute atomic E-state index is 0.0206. The first kappa shape index (κ1) is 21.9. The molecule has 2 N–H and O–H groups in total. The van der Waals surface area contributed by atoms with Gasteiger partial charge in [0.15, 0.2) is 16.6 Å². The Morgan fingerprint density at radius 1 is 1.12 bits per heavy atom. The number of aromatic amines is 1. The lowest BCUT2D eigenvalue weighted by atomic mass is 10.2. The molecule has 1 amide bonds. The highest BCUT2D eigenvalue weighted by Crippen LogP contribution is 2.31. The van der Waals surface area contributed by atoms with Crippen LogP contribution in [0.1, 0.15) is 5.56 Å². The Bertz CT molecular complexity index is 1370. The molecule has 164 valence electrons. The second kappa shape index (κ2) is 8.67. The maximum atomic E-state index is 12.9. The third-order valence-electron chi connectivity index (χ3n) is 4.21. The van der Waals surface area contributed by atoms with Crippen molar-refractivity contribution in [1.82, 2.24) is 19.6 Å². The van der Waals surface area contributed by atoms with Crippen LogP contribution < -0.4 is 10.9 Å². The van der Waals surface area contributed by atoms with E-state index in [0.717, 1.165) is 23.9 Å². The van der Waals surface area contributed by atoms with Gasteiger partial charge in [-0.25, -0.2) is 14.5 Å². The summed E-state index contributed by atoms with van der Waals surface area (Å²) in [6.07, 6.45) is -4.51. The Kier molecular flexibility index (Phi) is 5.94. The minimum atomic E-state index is -4.51. The van der Waals surface area contributed by atoms with Crippen LogP contribution in [0, 0.1) is 0 Å². The van der Waals surface area contributed by atoms with Crippen molar-refractivity contribution in [2.24, 2.45) is 0 Å². The Labute approximate surface area is 187 Å². The zero-order chi connectivity index (χ0) is 22.9. The van der Waals surface area contributed by atoms with E-state index in [2.05, 4.69) is 20.4 Å². The van der Waals surface area contributed by atoms with Crippen LogP contribution >= 0.6 is 23.4 Å². The van der Waals surface area contributed by atoms with Crippen molar-refractivity contribution >= 4 is 40.6 Å². The molecule has 0 spiro atoms. The number of amides is 1. The molecule has 0 aliphatic carbocycles. The van der Waals surface area contributed by atoms with Crippen LogP contribution in [0.4, 0.5) is 18.9 Å². The monoisotopic (exact) mass is 479 g/mol. The van der Waals surface area contributed by atoms with Gasteiger partial charge in [-0.15, -0.1) is 0 Å². The van der Waals surface area contributed by atoms with Crippen molar-refractivity contribution in [2.75, 3.05) is 11.1 Å². The number of halogens is 4. The molecule has 0 fully saturated rings. The average molecular weight is 480 g/mol. The van der Waals surface area contributed by atoms with E-state index in [0.29, 0.717) is 22.1 Å². The highest BCUT2D eigenvalue weighted by Gasteiger charge is 2.30. The number of H-pyrrole nitrogens is 1. The highest BCUT2D eigenvalue weighted by molar-refractivity contribution is 7.99. The molecule has 4 rings (SSSR count). The molecule has 4 aromatic rings. The van der Waals surface area contributed by atoms with Gasteiger partial charge in [0.25, 0.3) is 5.56 Å². The highest BCUT2D eigenvalue weighted by atomic mass is 35.5. The van der Waals surface area contributed by atoms with Gasteiger partial charge in [0.1, 0.15) is 0 Å². The zero-order valence-electron chi connectivity index (χ0n) is 16.0. The number of nitrogens with one attached hydrogen (secondary N) is 2. The molecule has 0 saturated heterocycles. The molecule has 32 heavy (non-hydrogen) atoms. The summed E-state index contributed by atoms with van der Waals surface area (Å²) in [5.74, 6) is -0.412. The van der Waals surface area contributed by atoms with Crippen molar-refractivity contribution in [3.63, 3.8) is 0 Å². The number of rotatable bonds is 5. The molecule has 0 aliphatic rings. The lowest BCUT2D eigenvalue weighted by Crippen LogP contribution is -2.16. The molecule has 2 aromatic heterocycles. The third-order valence-corrected chi connectivity index (χ3v) is 5.39. The molecule has 0 bridgehead atoms. The number of carbonyl (C=O) groups is 1. The van der Waals surface area contributed by atoms with Crippen molar-refractivity contribution in [1.29, 1.82) is 0 Å². The summed E-state index contributed by atoms with van der Waals surface area (Å²) in [6, 6.07) is 12.4. The summed E-state index contributed by atoms with van der Waals surface area (Å²) < 4.78 is 39.9. The number of carbonyl (C=O) groups excluding carboxylic acids is 1. The molecule has 0 atom stereocenters. The molecule has 0 saturated carbocycles. The number of benzene rings is 2. The first-order chi connectivity index (χ1) is 15.2. The summed E-state index contributed by atoms with van der Waals surface area (Å²) in [4.78, 5) is 32.9. The largest absolute Gasteiger partial charge is 0.416 e. The van der Waals surface area contributed by atoms with Crippen molar-refractivity contribution in [2.45, 2.75) is 11.3 Å². The fourth-order valence-corrected chi connectivity index (χ4v) is 3.78. The standard InChI is InChI=1S/C20H13ClF3N5O2S/c21-13-5-1-3-11(7-13)18-26-15-9-16(30)28-29(15)19(27-18)32-10-17(31)25-14-6-2-4-12(8-14)20(22,23)24/h1-9H,10H2,(H,25,31)(H,28,30). The number of fused-ring (bicyclic) bond motifs is 1. The first-order valence-corrected chi connectivity index (χ1v) is 10.4. The van der Waals surface area contributed by atoms with Crippen LogP contribution in [-0.2, 0) is 11.0 Å². The van der Waals surface area contributed by atoms with E-state index in [1.165, 1.54) is 22.7 Å². The van der Waals surface area contributed by atoms with Crippen molar-refractivity contribution in [3.8, 4) is 11.4 Å². The van der Waals surface area contributed by atoms with E-state index in [9.17, 15) is 22.8 Å². The zero-order valence-corrected chi connectivity index (χ0v) is 17.6. The van der Waals surface area contributed by atoms with Crippen LogP contribution in [-0.4, -0.2) is 31.2 Å². The topological polar surface area (TPSA) is 92.2 Å². The molecule has 0 radical (unpaired) electrons. The minimum Gasteiger partial charge on any atom is -0.325 e. The number of thioether (sulfide) groups is 1. The smallest absolute Gasteiger partial charge is 0.325 e. The molecule has 7 nitrogen and oxygen atoms in total. The van der Waals surface area contributed by atoms with Crippen LogP contribution in [0.25, 0.3) is 17.0 Å². The molecule has 2 aromatic carbocycles. The number of aromatic nitrogens is 4. The van der Waals surface area contributed by atoms with Gasteiger partial charge in [-0.3, -0.25) is 14.7 Å².